The van der Waals surface area contributed by atoms with E-state index in [1.807, 2.05) is 0 Å². The average Bonchev–Trinajstić information content (AvgIpc) is 3.88. The summed E-state index contributed by atoms with van der Waals surface area (Å²) in [7, 11) is 0. The molecule has 0 N–H and O–H groups in total. The van der Waals surface area contributed by atoms with Gasteiger partial charge in [-0.15, -0.1) is 0 Å². The molecule has 0 radical (unpaired) electrons. The number of fused-ring (bicyclic) bond motifs is 9. The topological polar surface area (TPSA) is 3.24 Å². The maximum Gasteiger partial charge on any atom is 0.0714 e. The molecule has 0 amide bonds. The SMILES string of the molecule is CC(C)(C)c1cccc(C2(c3cccc(C(C)(C)C)c3)c3ccccc3-c3ccc(N(c4cccc(-c5cccc6c5C(C)(C)c5ccccc5-6)c4)c4ccc5c(c4)C(C)(C)c4ccccc4-5)cc32)c1. The zero-order valence-electron chi connectivity index (χ0n) is 42.5. The molecule has 1 heteroatoms. The molecule has 3 aliphatic rings. The van der Waals surface area contributed by atoms with Gasteiger partial charge in [-0.3, -0.25) is 0 Å². The predicted octanol–water partition coefficient (Wildman–Crippen LogP) is 18.4. The van der Waals surface area contributed by atoms with Gasteiger partial charge in [0.25, 0.3) is 0 Å². The number of nitrogens with zero attached hydrogens (tertiary/aromatic N) is 1. The monoisotopic (exact) mass is 905 g/mol. The zero-order valence-corrected chi connectivity index (χ0v) is 42.5. The van der Waals surface area contributed by atoms with Crippen molar-refractivity contribution in [2.75, 3.05) is 4.90 Å². The first-order valence-electron chi connectivity index (χ1n) is 25.3. The summed E-state index contributed by atoms with van der Waals surface area (Å²) in [6.07, 6.45) is 0. The summed E-state index contributed by atoms with van der Waals surface area (Å²) < 4.78 is 0. The molecule has 9 aromatic rings. The second-order valence-corrected chi connectivity index (χ2v) is 23.4. The van der Waals surface area contributed by atoms with Crippen LogP contribution in [0.2, 0.25) is 0 Å². The summed E-state index contributed by atoms with van der Waals surface area (Å²) in [5.74, 6) is 0. The molecule has 70 heavy (non-hydrogen) atoms. The van der Waals surface area contributed by atoms with Crippen molar-refractivity contribution < 1.29 is 0 Å². The van der Waals surface area contributed by atoms with Gasteiger partial charge < -0.3 is 4.90 Å². The van der Waals surface area contributed by atoms with Gasteiger partial charge in [0.1, 0.15) is 0 Å². The lowest BCUT2D eigenvalue weighted by molar-refractivity contribution is 0.585. The van der Waals surface area contributed by atoms with Crippen molar-refractivity contribution in [3.8, 4) is 44.5 Å². The molecule has 344 valence electrons. The van der Waals surface area contributed by atoms with E-state index in [0.717, 1.165) is 17.1 Å². The summed E-state index contributed by atoms with van der Waals surface area (Å²) in [5.41, 5.74) is 26.2. The smallest absolute Gasteiger partial charge is 0.0714 e. The highest BCUT2D eigenvalue weighted by atomic mass is 15.1. The Bertz CT molecular complexity index is 3520. The van der Waals surface area contributed by atoms with Crippen molar-refractivity contribution in [1.29, 1.82) is 0 Å². The summed E-state index contributed by atoms with van der Waals surface area (Å²) >= 11 is 0. The molecule has 0 fully saturated rings. The molecule has 0 saturated heterocycles. The molecular formula is C69H63N. The maximum absolute atomic E-state index is 2.54. The molecule has 0 heterocycles. The molecule has 9 aromatic carbocycles. The van der Waals surface area contributed by atoms with Crippen molar-refractivity contribution in [2.45, 2.75) is 96.3 Å². The van der Waals surface area contributed by atoms with E-state index in [9.17, 15) is 0 Å². The minimum absolute atomic E-state index is 0.0348. The fourth-order valence-corrected chi connectivity index (χ4v) is 12.8. The van der Waals surface area contributed by atoms with Crippen LogP contribution in [0.3, 0.4) is 0 Å². The summed E-state index contributed by atoms with van der Waals surface area (Å²) in [5, 5.41) is 0. The summed E-state index contributed by atoms with van der Waals surface area (Å²) in [6.45, 7) is 23.6. The van der Waals surface area contributed by atoms with Gasteiger partial charge in [-0.05, 0) is 147 Å². The van der Waals surface area contributed by atoms with Crippen LogP contribution in [-0.4, -0.2) is 0 Å². The largest absolute Gasteiger partial charge is 0.310 e. The number of anilines is 3. The van der Waals surface area contributed by atoms with E-state index in [1.54, 1.807) is 0 Å². The normalized spacial score (nSPS) is 15.3. The van der Waals surface area contributed by atoms with E-state index in [1.165, 1.54) is 100 Å². The first-order chi connectivity index (χ1) is 33.5. The van der Waals surface area contributed by atoms with Gasteiger partial charge in [0.15, 0.2) is 0 Å². The Balaban J connectivity index is 1.12. The van der Waals surface area contributed by atoms with E-state index in [2.05, 4.69) is 274 Å². The first-order valence-corrected chi connectivity index (χ1v) is 25.3. The molecule has 0 bridgehead atoms. The molecule has 0 atom stereocenters. The van der Waals surface area contributed by atoms with Crippen LogP contribution in [0.5, 0.6) is 0 Å². The van der Waals surface area contributed by atoms with Crippen LogP contribution in [0.25, 0.3) is 44.5 Å². The number of benzene rings is 9. The number of hydrogen-bond donors (Lipinski definition) is 0. The molecule has 0 unspecified atom stereocenters. The second kappa shape index (κ2) is 15.4. The van der Waals surface area contributed by atoms with Crippen LogP contribution in [0.4, 0.5) is 17.1 Å². The van der Waals surface area contributed by atoms with Gasteiger partial charge in [-0.2, -0.15) is 0 Å². The Labute approximate surface area is 416 Å². The molecule has 1 nitrogen and oxygen atoms in total. The van der Waals surface area contributed by atoms with Crippen molar-refractivity contribution in [3.05, 3.63) is 256 Å². The molecule has 0 aliphatic heterocycles. The van der Waals surface area contributed by atoms with Gasteiger partial charge in [0.2, 0.25) is 0 Å². The minimum Gasteiger partial charge on any atom is -0.310 e. The molecule has 0 aromatic heterocycles. The fraction of sp³-hybridized carbons (Fsp3) is 0.217. The third-order valence-electron chi connectivity index (χ3n) is 16.4. The Hall–Kier alpha value is -7.22. The number of rotatable bonds is 6. The van der Waals surface area contributed by atoms with Crippen LogP contribution in [0.15, 0.2) is 200 Å². The van der Waals surface area contributed by atoms with E-state index in [-0.39, 0.29) is 21.7 Å². The lowest BCUT2D eigenvalue weighted by Crippen LogP contribution is -2.30. The van der Waals surface area contributed by atoms with Gasteiger partial charge in [-0.25, -0.2) is 0 Å². The Morgan fingerprint density at radius 3 is 1.34 bits per heavy atom. The first kappa shape index (κ1) is 44.0. The van der Waals surface area contributed by atoms with Crippen molar-refractivity contribution in [3.63, 3.8) is 0 Å². The standard InChI is InChI=1S/C69H63N/c1-65(2,3)45-22-18-24-47(40-45)69(48-25-19-23-46(41-48)66(4,5)6)61-34-16-13-28-54(61)57-38-36-51(43-63(57)69)70(50-35-37-56-53-27-11-14-32-59(53)67(7,8)62(56)42-50)49-26-17-21-44(39-49)52-30-20-31-58-55-29-12-15-33-60(55)68(9,10)64(52)58/h11-43H,1-10H3. The van der Waals surface area contributed by atoms with Gasteiger partial charge >= 0.3 is 0 Å². The molecule has 3 aliphatic carbocycles. The highest BCUT2D eigenvalue weighted by Gasteiger charge is 2.47. The minimum atomic E-state index is -0.593. The fourth-order valence-electron chi connectivity index (χ4n) is 12.8. The lowest BCUT2D eigenvalue weighted by Gasteiger charge is -2.37. The predicted molar refractivity (Wildman–Crippen MR) is 296 cm³/mol. The molecule has 12 rings (SSSR count). The van der Waals surface area contributed by atoms with E-state index in [0.29, 0.717) is 0 Å². The zero-order chi connectivity index (χ0) is 48.5. The summed E-state index contributed by atoms with van der Waals surface area (Å²) in [4.78, 5) is 2.54. The molecule has 0 saturated carbocycles. The van der Waals surface area contributed by atoms with Crippen molar-refractivity contribution in [2.24, 2.45) is 0 Å². The molecule has 0 spiro atoms. The second-order valence-electron chi connectivity index (χ2n) is 23.4. The Morgan fingerprint density at radius 2 is 0.743 bits per heavy atom. The third-order valence-corrected chi connectivity index (χ3v) is 16.4. The Kier molecular flexibility index (Phi) is 9.68. The van der Waals surface area contributed by atoms with Crippen molar-refractivity contribution >= 4 is 17.1 Å². The van der Waals surface area contributed by atoms with Crippen LogP contribution in [-0.2, 0) is 27.1 Å². The third kappa shape index (κ3) is 6.43. The van der Waals surface area contributed by atoms with Gasteiger partial charge in [-0.1, -0.05) is 233 Å². The van der Waals surface area contributed by atoms with Crippen LogP contribution >= 0.6 is 0 Å². The summed E-state index contributed by atoms with van der Waals surface area (Å²) in [6, 6.07) is 76.9. The van der Waals surface area contributed by atoms with E-state index < -0.39 is 5.41 Å². The quantitative estimate of drug-likeness (QED) is 0.161. The van der Waals surface area contributed by atoms with Crippen LogP contribution in [0, 0.1) is 0 Å². The van der Waals surface area contributed by atoms with Crippen LogP contribution in [0.1, 0.15) is 125 Å². The van der Waals surface area contributed by atoms with Gasteiger partial charge in [0, 0.05) is 27.9 Å². The molecular weight excluding hydrogens is 843 g/mol. The lowest BCUT2D eigenvalue weighted by atomic mass is 9.66. The maximum atomic E-state index is 2.54. The van der Waals surface area contributed by atoms with Crippen LogP contribution < -0.4 is 4.90 Å². The van der Waals surface area contributed by atoms with E-state index >= 15 is 0 Å². The highest BCUT2D eigenvalue weighted by Crippen LogP contribution is 2.59. The highest BCUT2D eigenvalue weighted by molar-refractivity contribution is 5.93. The average molecular weight is 906 g/mol. The Morgan fingerprint density at radius 1 is 0.314 bits per heavy atom. The van der Waals surface area contributed by atoms with E-state index in [4.69, 9.17) is 0 Å². The van der Waals surface area contributed by atoms with Crippen molar-refractivity contribution in [1.82, 2.24) is 0 Å². The van der Waals surface area contributed by atoms with Gasteiger partial charge in [0.05, 0.1) is 5.41 Å². The number of hydrogen-bond acceptors (Lipinski definition) is 1.